The van der Waals surface area contributed by atoms with Crippen LogP contribution in [-0.4, -0.2) is 45.2 Å². The quantitative estimate of drug-likeness (QED) is 0.644. The SMILES string of the molecule is CNC(=O)COc1ccc(C(=O)NCCC(C)N)cc1OC.Cl. The predicted molar refractivity (Wildman–Crippen MR) is 90.4 cm³/mol. The van der Waals surface area contributed by atoms with Gasteiger partial charge < -0.3 is 25.8 Å². The van der Waals surface area contributed by atoms with Gasteiger partial charge in [0.25, 0.3) is 11.8 Å². The lowest BCUT2D eigenvalue weighted by Crippen LogP contribution is -2.29. The molecule has 0 aliphatic heterocycles. The smallest absolute Gasteiger partial charge is 0.257 e. The van der Waals surface area contributed by atoms with E-state index in [0.717, 1.165) is 0 Å². The Morgan fingerprint density at radius 2 is 2.00 bits per heavy atom. The van der Waals surface area contributed by atoms with Crippen molar-refractivity contribution in [2.75, 3.05) is 27.3 Å². The normalized spacial score (nSPS) is 11.0. The Hall–Kier alpha value is -1.99. The van der Waals surface area contributed by atoms with E-state index < -0.39 is 0 Å². The van der Waals surface area contributed by atoms with Crippen molar-refractivity contribution < 1.29 is 19.1 Å². The molecule has 0 heterocycles. The zero-order valence-corrected chi connectivity index (χ0v) is 14.4. The Labute approximate surface area is 142 Å². The van der Waals surface area contributed by atoms with Crippen LogP contribution in [0.25, 0.3) is 0 Å². The van der Waals surface area contributed by atoms with Crippen LogP contribution in [0.5, 0.6) is 11.5 Å². The van der Waals surface area contributed by atoms with Gasteiger partial charge in [-0.15, -0.1) is 12.4 Å². The molecule has 0 saturated heterocycles. The van der Waals surface area contributed by atoms with Crippen molar-refractivity contribution in [1.29, 1.82) is 0 Å². The first kappa shape index (κ1) is 21.0. The lowest BCUT2D eigenvalue weighted by Gasteiger charge is -2.12. The van der Waals surface area contributed by atoms with Gasteiger partial charge in [0.2, 0.25) is 0 Å². The summed E-state index contributed by atoms with van der Waals surface area (Å²) in [5, 5.41) is 5.24. The highest BCUT2D eigenvalue weighted by Gasteiger charge is 2.12. The largest absolute Gasteiger partial charge is 0.493 e. The summed E-state index contributed by atoms with van der Waals surface area (Å²) >= 11 is 0. The highest BCUT2D eigenvalue weighted by Crippen LogP contribution is 2.28. The van der Waals surface area contributed by atoms with Gasteiger partial charge in [-0.25, -0.2) is 0 Å². The average molecular weight is 346 g/mol. The number of methoxy groups -OCH3 is 1. The number of nitrogens with two attached hydrogens (primary N) is 1. The lowest BCUT2D eigenvalue weighted by molar-refractivity contribution is -0.122. The number of carbonyl (C=O) groups is 2. The number of ether oxygens (including phenoxy) is 2. The molecule has 0 aliphatic rings. The van der Waals surface area contributed by atoms with E-state index in [1.165, 1.54) is 14.2 Å². The van der Waals surface area contributed by atoms with Gasteiger partial charge in [0, 0.05) is 25.2 Å². The highest BCUT2D eigenvalue weighted by molar-refractivity contribution is 5.94. The highest BCUT2D eigenvalue weighted by atomic mass is 35.5. The minimum atomic E-state index is -0.250. The molecular formula is C15H24ClN3O4. The van der Waals surface area contributed by atoms with Gasteiger partial charge in [0.15, 0.2) is 18.1 Å². The van der Waals surface area contributed by atoms with E-state index in [9.17, 15) is 9.59 Å². The molecule has 23 heavy (non-hydrogen) atoms. The van der Waals surface area contributed by atoms with Crippen molar-refractivity contribution in [3.8, 4) is 11.5 Å². The van der Waals surface area contributed by atoms with E-state index in [0.29, 0.717) is 30.0 Å². The van der Waals surface area contributed by atoms with Crippen LogP contribution >= 0.6 is 12.4 Å². The fraction of sp³-hybridized carbons (Fsp3) is 0.467. The molecule has 0 aliphatic carbocycles. The number of hydrogen-bond acceptors (Lipinski definition) is 5. The number of halogens is 1. The number of rotatable bonds is 8. The van der Waals surface area contributed by atoms with Gasteiger partial charge in [-0.05, 0) is 31.5 Å². The molecule has 4 N–H and O–H groups in total. The Morgan fingerprint density at radius 3 is 2.57 bits per heavy atom. The molecule has 130 valence electrons. The zero-order chi connectivity index (χ0) is 16.5. The molecule has 0 spiro atoms. The Morgan fingerprint density at radius 1 is 1.30 bits per heavy atom. The molecule has 0 radical (unpaired) electrons. The van der Waals surface area contributed by atoms with Gasteiger partial charge in [-0.1, -0.05) is 0 Å². The number of hydrogen-bond donors (Lipinski definition) is 3. The maximum atomic E-state index is 12.0. The average Bonchev–Trinajstić information content (AvgIpc) is 2.51. The third-order valence-corrected chi connectivity index (χ3v) is 2.95. The first-order valence-corrected chi connectivity index (χ1v) is 7.03. The summed E-state index contributed by atoms with van der Waals surface area (Å²) in [6.07, 6.45) is 0.705. The second-order valence-electron chi connectivity index (χ2n) is 4.85. The summed E-state index contributed by atoms with van der Waals surface area (Å²) < 4.78 is 10.5. The molecule has 1 aromatic carbocycles. The van der Waals surface area contributed by atoms with E-state index in [2.05, 4.69) is 10.6 Å². The van der Waals surface area contributed by atoms with Crippen LogP contribution in [-0.2, 0) is 4.79 Å². The van der Waals surface area contributed by atoms with Crippen molar-refractivity contribution in [3.63, 3.8) is 0 Å². The fourth-order valence-electron chi connectivity index (χ4n) is 1.66. The van der Waals surface area contributed by atoms with E-state index in [4.69, 9.17) is 15.2 Å². The van der Waals surface area contributed by atoms with Crippen LogP contribution in [0.15, 0.2) is 18.2 Å². The van der Waals surface area contributed by atoms with Crippen LogP contribution in [0.4, 0.5) is 0 Å². The third kappa shape index (κ3) is 7.21. The van der Waals surface area contributed by atoms with Gasteiger partial charge in [-0.3, -0.25) is 9.59 Å². The summed E-state index contributed by atoms with van der Waals surface area (Å²) in [6, 6.07) is 4.82. The minimum Gasteiger partial charge on any atom is -0.493 e. The van der Waals surface area contributed by atoms with Gasteiger partial charge >= 0.3 is 0 Å². The number of amides is 2. The van der Waals surface area contributed by atoms with Gasteiger partial charge in [0.1, 0.15) is 0 Å². The van der Waals surface area contributed by atoms with E-state index in [-0.39, 0.29) is 36.9 Å². The molecule has 1 unspecified atom stereocenters. The first-order valence-electron chi connectivity index (χ1n) is 7.03. The Bertz CT molecular complexity index is 523. The maximum absolute atomic E-state index is 12.0. The van der Waals surface area contributed by atoms with Crippen LogP contribution in [0.1, 0.15) is 23.7 Å². The molecule has 0 saturated carbocycles. The molecule has 7 nitrogen and oxygen atoms in total. The standard InChI is InChI=1S/C15H23N3O4.ClH/c1-10(16)6-7-18-15(20)11-4-5-12(13(8-11)21-3)22-9-14(19)17-2;/h4-5,8,10H,6-7,9,16H2,1-3H3,(H,17,19)(H,18,20);1H. The molecule has 0 bridgehead atoms. The second-order valence-corrected chi connectivity index (χ2v) is 4.85. The summed E-state index contributed by atoms with van der Waals surface area (Å²) in [5.74, 6) is 0.332. The minimum absolute atomic E-state index is 0. The molecule has 2 amide bonds. The Balaban J connectivity index is 0.00000484. The van der Waals surface area contributed by atoms with Crippen molar-refractivity contribution in [2.24, 2.45) is 5.73 Å². The summed E-state index contributed by atoms with van der Waals surface area (Å²) in [7, 11) is 3.00. The molecular weight excluding hydrogens is 322 g/mol. The van der Waals surface area contributed by atoms with Crippen LogP contribution in [0, 0.1) is 0 Å². The fourth-order valence-corrected chi connectivity index (χ4v) is 1.66. The monoisotopic (exact) mass is 345 g/mol. The topological polar surface area (TPSA) is 103 Å². The predicted octanol–water partition coefficient (Wildman–Crippen LogP) is 0.709. The van der Waals surface area contributed by atoms with Crippen LogP contribution in [0.2, 0.25) is 0 Å². The third-order valence-electron chi connectivity index (χ3n) is 2.95. The van der Waals surface area contributed by atoms with Crippen molar-refractivity contribution in [3.05, 3.63) is 23.8 Å². The van der Waals surface area contributed by atoms with E-state index in [1.807, 2.05) is 6.92 Å². The molecule has 8 heteroatoms. The second kappa shape index (κ2) is 10.7. The number of likely N-dealkylation sites (N-methyl/N-ethyl adjacent to an activating group) is 1. The number of carbonyl (C=O) groups excluding carboxylic acids is 2. The summed E-state index contributed by atoms with van der Waals surface area (Å²) in [4.78, 5) is 23.2. The van der Waals surface area contributed by atoms with E-state index >= 15 is 0 Å². The van der Waals surface area contributed by atoms with Crippen LogP contribution in [0.3, 0.4) is 0 Å². The van der Waals surface area contributed by atoms with Crippen molar-refractivity contribution in [2.45, 2.75) is 19.4 Å². The zero-order valence-electron chi connectivity index (χ0n) is 13.5. The molecule has 0 fully saturated rings. The number of benzene rings is 1. The van der Waals surface area contributed by atoms with Gasteiger partial charge in [-0.2, -0.15) is 0 Å². The maximum Gasteiger partial charge on any atom is 0.257 e. The van der Waals surface area contributed by atoms with Crippen molar-refractivity contribution in [1.82, 2.24) is 10.6 Å². The van der Waals surface area contributed by atoms with Crippen molar-refractivity contribution >= 4 is 24.2 Å². The number of nitrogens with one attached hydrogen (secondary N) is 2. The molecule has 1 aromatic rings. The van der Waals surface area contributed by atoms with E-state index in [1.54, 1.807) is 18.2 Å². The Kier molecular flexibility index (Phi) is 9.76. The van der Waals surface area contributed by atoms with Crippen LogP contribution < -0.4 is 25.8 Å². The molecule has 1 atom stereocenters. The molecule has 1 rings (SSSR count). The van der Waals surface area contributed by atoms with Gasteiger partial charge in [0.05, 0.1) is 7.11 Å². The summed E-state index contributed by atoms with van der Waals surface area (Å²) in [6.45, 7) is 2.27. The summed E-state index contributed by atoms with van der Waals surface area (Å²) in [5.41, 5.74) is 6.08. The first-order chi connectivity index (χ1) is 10.5. The lowest BCUT2D eigenvalue weighted by atomic mass is 10.2. The molecule has 0 aromatic heterocycles.